The molecule has 2 aromatic carbocycles. The molecule has 0 bridgehead atoms. The normalized spacial score (nSPS) is 16.4. The number of ether oxygens (including phenoxy) is 2. The van der Waals surface area contributed by atoms with Crippen LogP contribution in [-0.4, -0.2) is 44.4 Å². The standard InChI is InChI=1S/C17H21NO2/c1-14-2-3-15-4-5-17(13-16(15)12-14)20-11-8-18-6-9-19-10-7-18/h2-5,12-13H,6-11H2,1H3. The largest absolute Gasteiger partial charge is 0.492 e. The van der Waals surface area contributed by atoms with Crippen LogP contribution in [-0.2, 0) is 4.74 Å². The van der Waals surface area contributed by atoms with Gasteiger partial charge in [-0.05, 0) is 29.8 Å². The summed E-state index contributed by atoms with van der Waals surface area (Å²) in [4.78, 5) is 2.38. The summed E-state index contributed by atoms with van der Waals surface area (Å²) in [5.41, 5.74) is 1.28. The molecule has 1 heterocycles. The van der Waals surface area contributed by atoms with E-state index in [-0.39, 0.29) is 0 Å². The second-order valence-electron chi connectivity index (χ2n) is 5.31. The SMILES string of the molecule is Cc1ccc2ccc(OCCN3CCOCC3)cc2c1. The molecule has 3 nitrogen and oxygen atoms in total. The van der Waals surface area contributed by atoms with Gasteiger partial charge in [0.05, 0.1) is 13.2 Å². The molecule has 1 aliphatic heterocycles. The molecular weight excluding hydrogens is 250 g/mol. The van der Waals surface area contributed by atoms with E-state index in [4.69, 9.17) is 9.47 Å². The van der Waals surface area contributed by atoms with Crippen molar-refractivity contribution in [3.63, 3.8) is 0 Å². The van der Waals surface area contributed by atoms with Gasteiger partial charge in [0, 0.05) is 19.6 Å². The maximum Gasteiger partial charge on any atom is 0.120 e. The second-order valence-corrected chi connectivity index (χ2v) is 5.31. The van der Waals surface area contributed by atoms with Crippen LogP contribution in [0.5, 0.6) is 5.75 Å². The molecule has 0 aliphatic carbocycles. The molecule has 1 saturated heterocycles. The third-order valence-electron chi connectivity index (χ3n) is 3.75. The van der Waals surface area contributed by atoms with E-state index in [2.05, 4.69) is 48.2 Å². The number of nitrogens with zero attached hydrogens (tertiary/aromatic N) is 1. The third-order valence-corrected chi connectivity index (χ3v) is 3.75. The van der Waals surface area contributed by atoms with E-state index in [1.165, 1.54) is 16.3 Å². The topological polar surface area (TPSA) is 21.7 Å². The van der Waals surface area contributed by atoms with Gasteiger partial charge in [0.15, 0.2) is 0 Å². The van der Waals surface area contributed by atoms with Crippen molar-refractivity contribution in [3.8, 4) is 5.75 Å². The molecule has 0 atom stereocenters. The van der Waals surface area contributed by atoms with Crippen molar-refractivity contribution in [2.45, 2.75) is 6.92 Å². The summed E-state index contributed by atoms with van der Waals surface area (Å²) in [7, 11) is 0. The third kappa shape index (κ3) is 3.30. The fourth-order valence-corrected chi connectivity index (χ4v) is 2.55. The fraction of sp³-hybridized carbons (Fsp3) is 0.412. The van der Waals surface area contributed by atoms with Gasteiger partial charge in [0.1, 0.15) is 12.4 Å². The zero-order chi connectivity index (χ0) is 13.8. The van der Waals surface area contributed by atoms with Crippen LogP contribution in [0.1, 0.15) is 5.56 Å². The van der Waals surface area contributed by atoms with Crippen molar-refractivity contribution < 1.29 is 9.47 Å². The number of benzene rings is 2. The number of morpholine rings is 1. The van der Waals surface area contributed by atoms with E-state index in [9.17, 15) is 0 Å². The van der Waals surface area contributed by atoms with E-state index in [0.717, 1.165) is 45.2 Å². The Morgan fingerprint density at radius 1 is 1.05 bits per heavy atom. The van der Waals surface area contributed by atoms with Crippen LogP contribution in [0.4, 0.5) is 0 Å². The molecule has 106 valence electrons. The molecule has 2 aromatic rings. The number of hydrogen-bond donors (Lipinski definition) is 0. The van der Waals surface area contributed by atoms with Crippen molar-refractivity contribution in [2.24, 2.45) is 0 Å². The first-order chi connectivity index (χ1) is 9.81. The van der Waals surface area contributed by atoms with Gasteiger partial charge in [0.25, 0.3) is 0 Å². The summed E-state index contributed by atoms with van der Waals surface area (Å²) in [5.74, 6) is 0.955. The summed E-state index contributed by atoms with van der Waals surface area (Å²) in [5, 5.41) is 2.50. The van der Waals surface area contributed by atoms with Crippen LogP contribution in [0.2, 0.25) is 0 Å². The molecule has 0 amide bonds. The summed E-state index contributed by atoms with van der Waals surface area (Å²) in [6, 6.07) is 12.8. The quantitative estimate of drug-likeness (QED) is 0.853. The monoisotopic (exact) mass is 271 g/mol. The molecule has 3 heteroatoms. The van der Waals surface area contributed by atoms with Gasteiger partial charge < -0.3 is 9.47 Å². The van der Waals surface area contributed by atoms with Crippen molar-refractivity contribution >= 4 is 10.8 Å². The molecule has 3 rings (SSSR count). The minimum Gasteiger partial charge on any atom is -0.492 e. The zero-order valence-electron chi connectivity index (χ0n) is 12.0. The van der Waals surface area contributed by atoms with Crippen LogP contribution in [0.3, 0.4) is 0 Å². The Bertz CT molecular complexity index is 576. The van der Waals surface area contributed by atoms with E-state index in [0.29, 0.717) is 0 Å². The van der Waals surface area contributed by atoms with Gasteiger partial charge in [-0.15, -0.1) is 0 Å². The molecule has 0 saturated carbocycles. The smallest absolute Gasteiger partial charge is 0.120 e. The van der Waals surface area contributed by atoms with Crippen molar-refractivity contribution in [2.75, 3.05) is 39.5 Å². The summed E-state index contributed by atoms with van der Waals surface area (Å²) >= 11 is 0. The highest BCUT2D eigenvalue weighted by Crippen LogP contribution is 2.21. The molecule has 0 aromatic heterocycles. The first kappa shape index (κ1) is 13.4. The maximum atomic E-state index is 5.87. The lowest BCUT2D eigenvalue weighted by atomic mass is 10.1. The van der Waals surface area contributed by atoms with Gasteiger partial charge in [-0.2, -0.15) is 0 Å². The van der Waals surface area contributed by atoms with Crippen molar-refractivity contribution in [1.29, 1.82) is 0 Å². The minimum atomic E-state index is 0.733. The molecule has 0 N–H and O–H groups in total. The van der Waals surface area contributed by atoms with E-state index in [1.807, 2.05) is 0 Å². The Labute approximate surface area is 120 Å². The summed E-state index contributed by atoms with van der Waals surface area (Å²) in [6.45, 7) is 7.53. The molecule has 1 fully saturated rings. The Morgan fingerprint density at radius 3 is 2.70 bits per heavy atom. The molecule has 0 spiro atoms. The van der Waals surface area contributed by atoms with Crippen molar-refractivity contribution in [3.05, 3.63) is 42.0 Å². The molecule has 1 aliphatic rings. The lowest BCUT2D eigenvalue weighted by Crippen LogP contribution is -2.38. The predicted molar refractivity (Wildman–Crippen MR) is 81.4 cm³/mol. The average molecular weight is 271 g/mol. The van der Waals surface area contributed by atoms with E-state index in [1.54, 1.807) is 0 Å². The fourth-order valence-electron chi connectivity index (χ4n) is 2.55. The highest BCUT2D eigenvalue weighted by Gasteiger charge is 2.09. The number of rotatable bonds is 4. The molecule has 20 heavy (non-hydrogen) atoms. The van der Waals surface area contributed by atoms with Crippen LogP contribution in [0.15, 0.2) is 36.4 Å². The van der Waals surface area contributed by atoms with Gasteiger partial charge >= 0.3 is 0 Å². The first-order valence-corrected chi connectivity index (χ1v) is 7.24. The maximum absolute atomic E-state index is 5.87. The Morgan fingerprint density at radius 2 is 1.85 bits per heavy atom. The lowest BCUT2D eigenvalue weighted by molar-refractivity contribution is 0.0322. The molecule has 0 radical (unpaired) electrons. The van der Waals surface area contributed by atoms with Crippen LogP contribution < -0.4 is 4.74 Å². The van der Waals surface area contributed by atoms with Crippen LogP contribution in [0, 0.1) is 6.92 Å². The lowest BCUT2D eigenvalue weighted by Gasteiger charge is -2.26. The summed E-state index contributed by atoms with van der Waals surface area (Å²) < 4.78 is 11.2. The summed E-state index contributed by atoms with van der Waals surface area (Å²) in [6.07, 6.45) is 0. The highest BCUT2D eigenvalue weighted by molar-refractivity contribution is 5.84. The zero-order valence-corrected chi connectivity index (χ0v) is 12.0. The Kier molecular flexibility index (Phi) is 4.19. The number of aryl methyl sites for hydroxylation is 1. The van der Waals surface area contributed by atoms with Gasteiger partial charge in [-0.3, -0.25) is 4.90 Å². The second kappa shape index (κ2) is 6.25. The molecule has 0 unspecified atom stereocenters. The number of hydrogen-bond acceptors (Lipinski definition) is 3. The molecular formula is C17H21NO2. The van der Waals surface area contributed by atoms with Crippen LogP contribution in [0.25, 0.3) is 10.8 Å². The van der Waals surface area contributed by atoms with Gasteiger partial charge in [-0.1, -0.05) is 29.8 Å². The van der Waals surface area contributed by atoms with Crippen molar-refractivity contribution in [1.82, 2.24) is 4.90 Å². The average Bonchev–Trinajstić information content (AvgIpc) is 2.48. The van der Waals surface area contributed by atoms with Gasteiger partial charge in [0.2, 0.25) is 0 Å². The predicted octanol–water partition coefficient (Wildman–Crippen LogP) is 2.86. The van der Waals surface area contributed by atoms with Gasteiger partial charge in [-0.25, -0.2) is 0 Å². The van der Waals surface area contributed by atoms with Crippen LogP contribution >= 0.6 is 0 Å². The van der Waals surface area contributed by atoms with E-state index >= 15 is 0 Å². The Balaban J connectivity index is 1.59. The van der Waals surface area contributed by atoms with E-state index < -0.39 is 0 Å². The highest BCUT2D eigenvalue weighted by atomic mass is 16.5. The minimum absolute atomic E-state index is 0.733. The first-order valence-electron chi connectivity index (χ1n) is 7.24. The Hall–Kier alpha value is -1.58. The number of fused-ring (bicyclic) bond motifs is 1.